The zero-order valence-corrected chi connectivity index (χ0v) is 11.5. The summed E-state index contributed by atoms with van der Waals surface area (Å²) in [6.45, 7) is 2.69. The van der Waals surface area contributed by atoms with Gasteiger partial charge in [-0.15, -0.1) is 0 Å². The van der Waals surface area contributed by atoms with Crippen LogP contribution in [0.4, 0.5) is 5.69 Å². The van der Waals surface area contributed by atoms with E-state index in [0.717, 1.165) is 10.2 Å². The molecule has 1 amide bonds. The van der Waals surface area contributed by atoms with Crippen LogP contribution in [-0.4, -0.2) is 31.4 Å². The molecule has 0 aliphatic rings. The highest BCUT2D eigenvalue weighted by Gasteiger charge is 2.05. The molecule has 4 heteroatoms. The second-order valence-corrected chi connectivity index (χ2v) is 4.69. The highest BCUT2D eigenvalue weighted by atomic mass is 79.9. The van der Waals surface area contributed by atoms with Gasteiger partial charge in [0.15, 0.2) is 0 Å². The van der Waals surface area contributed by atoms with E-state index in [9.17, 15) is 4.79 Å². The summed E-state index contributed by atoms with van der Waals surface area (Å²) in [7, 11) is 3.54. The number of nitrogens with zero attached hydrogens (tertiary/aromatic N) is 1. The van der Waals surface area contributed by atoms with Crippen LogP contribution in [0.25, 0.3) is 0 Å². The van der Waals surface area contributed by atoms with E-state index in [4.69, 9.17) is 0 Å². The lowest BCUT2D eigenvalue weighted by molar-refractivity contribution is -0.128. The van der Waals surface area contributed by atoms with Crippen LogP contribution < -0.4 is 5.32 Å². The van der Waals surface area contributed by atoms with Crippen LogP contribution in [0.15, 0.2) is 22.7 Å². The minimum atomic E-state index is 0.135. The average Bonchev–Trinajstić information content (AvgIpc) is 2.24. The predicted octanol–water partition coefficient (Wildman–Crippen LogP) is 2.65. The van der Waals surface area contributed by atoms with Gasteiger partial charge in [0.25, 0.3) is 0 Å². The summed E-state index contributed by atoms with van der Waals surface area (Å²) in [6, 6.07) is 6.04. The van der Waals surface area contributed by atoms with E-state index in [-0.39, 0.29) is 5.91 Å². The van der Waals surface area contributed by atoms with Crippen LogP contribution in [0.2, 0.25) is 0 Å². The largest absolute Gasteiger partial charge is 0.384 e. The summed E-state index contributed by atoms with van der Waals surface area (Å²) < 4.78 is 1.06. The van der Waals surface area contributed by atoms with Crippen molar-refractivity contribution < 1.29 is 4.79 Å². The van der Waals surface area contributed by atoms with Gasteiger partial charge in [0.2, 0.25) is 5.91 Å². The van der Waals surface area contributed by atoms with Crippen molar-refractivity contribution in [2.24, 2.45) is 0 Å². The monoisotopic (exact) mass is 284 g/mol. The molecule has 0 fully saturated rings. The molecular formula is C12H17BrN2O. The summed E-state index contributed by atoms with van der Waals surface area (Å²) in [5.41, 5.74) is 2.22. The quantitative estimate of drug-likeness (QED) is 0.922. The van der Waals surface area contributed by atoms with Crippen LogP contribution in [0, 0.1) is 6.92 Å². The molecule has 1 aromatic carbocycles. The number of nitrogens with one attached hydrogen (secondary N) is 1. The van der Waals surface area contributed by atoms with Crippen LogP contribution in [0.3, 0.4) is 0 Å². The molecule has 0 heterocycles. The zero-order chi connectivity index (χ0) is 12.1. The van der Waals surface area contributed by atoms with Crippen molar-refractivity contribution in [3.8, 4) is 0 Å². The van der Waals surface area contributed by atoms with Crippen molar-refractivity contribution in [2.45, 2.75) is 13.3 Å². The maximum absolute atomic E-state index is 11.4. The van der Waals surface area contributed by atoms with Crippen LogP contribution in [0.5, 0.6) is 0 Å². The predicted molar refractivity (Wildman–Crippen MR) is 70.7 cm³/mol. The Labute approximate surface area is 105 Å². The third-order valence-corrected chi connectivity index (χ3v) is 3.40. The second-order valence-electron chi connectivity index (χ2n) is 3.90. The molecule has 88 valence electrons. The Morgan fingerprint density at radius 3 is 2.75 bits per heavy atom. The van der Waals surface area contributed by atoms with E-state index in [2.05, 4.69) is 21.2 Å². The molecule has 3 nitrogen and oxygen atoms in total. The highest BCUT2D eigenvalue weighted by molar-refractivity contribution is 9.10. The first-order valence-electron chi connectivity index (χ1n) is 5.21. The van der Waals surface area contributed by atoms with Crippen LogP contribution >= 0.6 is 15.9 Å². The fourth-order valence-corrected chi connectivity index (χ4v) is 1.72. The number of aryl methyl sites for hydroxylation is 1. The average molecular weight is 285 g/mol. The Kier molecular flexibility index (Phi) is 4.80. The number of halogens is 1. The minimum absolute atomic E-state index is 0.135. The third-order valence-electron chi connectivity index (χ3n) is 2.34. The lowest BCUT2D eigenvalue weighted by atomic mass is 10.2. The van der Waals surface area contributed by atoms with Gasteiger partial charge in [-0.05, 0) is 34.5 Å². The molecule has 0 radical (unpaired) electrons. The van der Waals surface area contributed by atoms with Crippen molar-refractivity contribution in [3.63, 3.8) is 0 Å². The maximum Gasteiger partial charge on any atom is 0.223 e. The van der Waals surface area contributed by atoms with Gasteiger partial charge in [0, 0.05) is 37.2 Å². The molecule has 16 heavy (non-hydrogen) atoms. The van der Waals surface area contributed by atoms with Gasteiger partial charge in [0.05, 0.1) is 0 Å². The summed E-state index contributed by atoms with van der Waals surface area (Å²) in [4.78, 5) is 13.0. The van der Waals surface area contributed by atoms with Gasteiger partial charge in [-0.1, -0.05) is 12.1 Å². The topological polar surface area (TPSA) is 32.3 Å². The van der Waals surface area contributed by atoms with Gasteiger partial charge in [-0.2, -0.15) is 0 Å². The van der Waals surface area contributed by atoms with Crippen LogP contribution in [-0.2, 0) is 4.79 Å². The van der Waals surface area contributed by atoms with E-state index < -0.39 is 0 Å². The van der Waals surface area contributed by atoms with Crippen molar-refractivity contribution in [3.05, 3.63) is 28.2 Å². The number of anilines is 1. The van der Waals surface area contributed by atoms with Crippen molar-refractivity contribution >= 4 is 27.5 Å². The SMILES string of the molecule is Cc1cccc(NCCC(=O)N(C)C)c1Br. The molecule has 0 atom stereocenters. The molecule has 1 N–H and O–H groups in total. The standard InChI is InChI=1S/C12H17BrN2O/c1-9-5-4-6-10(12(9)13)14-8-7-11(16)15(2)3/h4-6,14H,7-8H2,1-3H3. The first kappa shape index (κ1) is 13.0. The van der Waals surface area contributed by atoms with E-state index in [1.807, 2.05) is 25.1 Å². The summed E-state index contributed by atoms with van der Waals surface area (Å²) >= 11 is 3.52. The van der Waals surface area contributed by atoms with Crippen LogP contribution in [0.1, 0.15) is 12.0 Å². The summed E-state index contributed by atoms with van der Waals surface area (Å²) in [5.74, 6) is 0.135. The minimum Gasteiger partial charge on any atom is -0.384 e. The Hall–Kier alpha value is -1.03. The lowest BCUT2D eigenvalue weighted by Crippen LogP contribution is -2.23. The number of hydrogen-bond donors (Lipinski definition) is 1. The van der Waals surface area contributed by atoms with E-state index in [1.165, 1.54) is 5.56 Å². The molecular weight excluding hydrogens is 268 g/mol. The zero-order valence-electron chi connectivity index (χ0n) is 9.88. The number of rotatable bonds is 4. The maximum atomic E-state index is 11.4. The first-order valence-corrected chi connectivity index (χ1v) is 6.01. The number of carbonyl (C=O) groups excluding carboxylic acids is 1. The van der Waals surface area contributed by atoms with Crippen molar-refractivity contribution in [1.82, 2.24) is 4.90 Å². The normalized spacial score (nSPS) is 10.0. The number of carbonyl (C=O) groups is 1. The first-order chi connectivity index (χ1) is 7.52. The number of amides is 1. The molecule has 0 unspecified atom stereocenters. The Balaban J connectivity index is 2.49. The molecule has 0 aliphatic carbocycles. The Morgan fingerprint density at radius 1 is 1.44 bits per heavy atom. The molecule has 1 aromatic rings. The fourth-order valence-electron chi connectivity index (χ4n) is 1.31. The summed E-state index contributed by atoms with van der Waals surface area (Å²) in [6.07, 6.45) is 0.507. The highest BCUT2D eigenvalue weighted by Crippen LogP contribution is 2.25. The molecule has 0 aliphatic heterocycles. The second kappa shape index (κ2) is 5.89. The molecule has 0 saturated carbocycles. The molecule has 0 saturated heterocycles. The number of benzene rings is 1. The van der Waals surface area contributed by atoms with Crippen molar-refractivity contribution in [1.29, 1.82) is 0 Å². The lowest BCUT2D eigenvalue weighted by Gasteiger charge is -2.12. The van der Waals surface area contributed by atoms with Gasteiger partial charge in [-0.3, -0.25) is 4.79 Å². The number of hydrogen-bond acceptors (Lipinski definition) is 2. The van der Waals surface area contributed by atoms with Gasteiger partial charge in [-0.25, -0.2) is 0 Å². The van der Waals surface area contributed by atoms with E-state index in [0.29, 0.717) is 13.0 Å². The Bertz CT molecular complexity index is 377. The summed E-state index contributed by atoms with van der Waals surface area (Å²) in [5, 5.41) is 3.25. The molecule has 0 aromatic heterocycles. The Morgan fingerprint density at radius 2 is 2.12 bits per heavy atom. The molecule has 0 bridgehead atoms. The fraction of sp³-hybridized carbons (Fsp3) is 0.417. The molecule has 1 rings (SSSR count). The van der Waals surface area contributed by atoms with Crippen molar-refractivity contribution in [2.75, 3.05) is 26.0 Å². The van der Waals surface area contributed by atoms with Gasteiger partial charge < -0.3 is 10.2 Å². The van der Waals surface area contributed by atoms with Gasteiger partial charge >= 0.3 is 0 Å². The van der Waals surface area contributed by atoms with E-state index in [1.54, 1.807) is 19.0 Å². The van der Waals surface area contributed by atoms with Gasteiger partial charge in [0.1, 0.15) is 0 Å². The third kappa shape index (κ3) is 3.52. The van der Waals surface area contributed by atoms with E-state index >= 15 is 0 Å². The smallest absolute Gasteiger partial charge is 0.223 e. The molecule has 0 spiro atoms.